The Morgan fingerprint density at radius 3 is 2.89 bits per heavy atom. The van der Waals surface area contributed by atoms with Crippen LogP contribution in [0.5, 0.6) is 0 Å². The maximum atomic E-state index is 4.87. The lowest BCUT2D eigenvalue weighted by molar-refractivity contribution is 0.553. The molecule has 1 saturated heterocycles. The van der Waals surface area contributed by atoms with Crippen molar-refractivity contribution in [3.8, 4) is 0 Å². The minimum Gasteiger partial charge on any atom is -0.312 e. The van der Waals surface area contributed by atoms with Gasteiger partial charge >= 0.3 is 0 Å². The Morgan fingerprint density at radius 1 is 1.44 bits per heavy atom. The molecule has 0 spiro atoms. The molecule has 1 aliphatic heterocycles. The number of thiazole rings is 1. The number of nitrogens with one attached hydrogen (secondary N) is 1. The standard InChI is InChI=1S/C14H24N2S2/c1-4-11-13(9-15-8-10(2)3)18-14(16-11)12-6-5-7-17-12/h10,12,15H,4-9H2,1-3H3. The maximum absolute atomic E-state index is 4.87. The minimum atomic E-state index is 0.680. The van der Waals surface area contributed by atoms with E-state index in [2.05, 4.69) is 37.8 Å². The van der Waals surface area contributed by atoms with Crippen LogP contribution >= 0.6 is 23.1 Å². The summed E-state index contributed by atoms with van der Waals surface area (Å²) in [4.78, 5) is 6.33. The summed E-state index contributed by atoms with van der Waals surface area (Å²) in [6.07, 6.45) is 3.74. The van der Waals surface area contributed by atoms with Crippen molar-refractivity contribution in [3.63, 3.8) is 0 Å². The predicted octanol–water partition coefficient (Wildman–Crippen LogP) is 4.02. The molecule has 1 aromatic rings. The summed E-state index contributed by atoms with van der Waals surface area (Å²) in [5.41, 5.74) is 1.32. The van der Waals surface area contributed by atoms with Crippen LogP contribution in [0.1, 0.15) is 54.4 Å². The molecule has 1 N–H and O–H groups in total. The second kappa shape index (κ2) is 6.92. The Labute approximate surface area is 119 Å². The molecular formula is C14H24N2S2. The van der Waals surface area contributed by atoms with E-state index in [9.17, 15) is 0 Å². The predicted molar refractivity (Wildman–Crippen MR) is 82.5 cm³/mol. The van der Waals surface area contributed by atoms with E-state index in [0.717, 1.165) is 19.5 Å². The van der Waals surface area contributed by atoms with Gasteiger partial charge in [0, 0.05) is 11.4 Å². The molecular weight excluding hydrogens is 260 g/mol. The van der Waals surface area contributed by atoms with E-state index in [1.54, 1.807) is 0 Å². The maximum Gasteiger partial charge on any atom is 0.106 e. The zero-order valence-corrected chi connectivity index (χ0v) is 13.3. The fourth-order valence-corrected chi connectivity index (χ4v) is 4.84. The van der Waals surface area contributed by atoms with Gasteiger partial charge in [0.15, 0.2) is 0 Å². The monoisotopic (exact) mass is 284 g/mol. The Bertz CT molecular complexity index is 368. The van der Waals surface area contributed by atoms with Gasteiger partial charge in [0.1, 0.15) is 5.01 Å². The van der Waals surface area contributed by atoms with E-state index in [1.165, 1.54) is 34.2 Å². The lowest BCUT2D eigenvalue weighted by Crippen LogP contribution is -2.18. The SMILES string of the molecule is CCc1nc(C2CCCS2)sc1CNCC(C)C. The average molecular weight is 284 g/mol. The Balaban J connectivity index is 1.99. The zero-order valence-electron chi connectivity index (χ0n) is 11.7. The van der Waals surface area contributed by atoms with Crippen LogP contribution in [0.25, 0.3) is 0 Å². The van der Waals surface area contributed by atoms with Gasteiger partial charge in [-0.3, -0.25) is 0 Å². The minimum absolute atomic E-state index is 0.680. The van der Waals surface area contributed by atoms with Crippen molar-refractivity contribution in [3.05, 3.63) is 15.6 Å². The van der Waals surface area contributed by atoms with Gasteiger partial charge in [-0.1, -0.05) is 20.8 Å². The van der Waals surface area contributed by atoms with Crippen molar-refractivity contribution < 1.29 is 0 Å². The largest absolute Gasteiger partial charge is 0.312 e. The fourth-order valence-electron chi connectivity index (χ4n) is 2.20. The molecule has 1 unspecified atom stereocenters. The van der Waals surface area contributed by atoms with Gasteiger partial charge in [0.2, 0.25) is 0 Å². The van der Waals surface area contributed by atoms with Crippen molar-refractivity contribution in [2.75, 3.05) is 12.3 Å². The molecule has 0 aliphatic carbocycles. The second-order valence-corrected chi connectivity index (χ2v) is 7.73. The average Bonchev–Trinajstić information content (AvgIpc) is 2.96. The van der Waals surface area contributed by atoms with Crippen LogP contribution in [0.3, 0.4) is 0 Å². The lowest BCUT2D eigenvalue weighted by Gasteiger charge is -2.06. The molecule has 1 aliphatic rings. The van der Waals surface area contributed by atoms with E-state index < -0.39 is 0 Å². The van der Waals surface area contributed by atoms with Gasteiger partial charge in [-0.05, 0) is 37.5 Å². The van der Waals surface area contributed by atoms with Crippen molar-refractivity contribution in [2.45, 2.75) is 51.8 Å². The highest BCUT2D eigenvalue weighted by Gasteiger charge is 2.22. The summed E-state index contributed by atoms with van der Waals surface area (Å²) in [6.45, 7) is 8.81. The quantitative estimate of drug-likeness (QED) is 0.854. The summed E-state index contributed by atoms with van der Waals surface area (Å²) < 4.78 is 0. The first kappa shape index (κ1) is 14.4. The van der Waals surface area contributed by atoms with Crippen LogP contribution < -0.4 is 5.32 Å². The third-order valence-corrected chi connectivity index (χ3v) is 5.92. The van der Waals surface area contributed by atoms with Crippen LogP contribution in [0.4, 0.5) is 0 Å². The number of hydrogen-bond donors (Lipinski definition) is 1. The molecule has 0 bridgehead atoms. The summed E-state index contributed by atoms with van der Waals surface area (Å²) >= 11 is 4.02. The molecule has 0 radical (unpaired) electrons. The van der Waals surface area contributed by atoms with Gasteiger partial charge in [0.25, 0.3) is 0 Å². The smallest absolute Gasteiger partial charge is 0.106 e. The molecule has 2 rings (SSSR count). The summed E-state index contributed by atoms with van der Waals surface area (Å²) in [5, 5.41) is 5.59. The second-order valence-electron chi connectivity index (χ2n) is 5.30. The first-order chi connectivity index (χ1) is 8.70. The van der Waals surface area contributed by atoms with Crippen LogP contribution in [0, 0.1) is 5.92 Å². The van der Waals surface area contributed by atoms with E-state index >= 15 is 0 Å². The summed E-state index contributed by atoms with van der Waals surface area (Å²) in [7, 11) is 0. The van der Waals surface area contributed by atoms with Gasteiger partial charge in [-0.25, -0.2) is 4.98 Å². The Hall–Kier alpha value is -0.0600. The van der Waals surface area contributed by atoms with E-state index in [0.29, 0.717) is 11.2 Å². The van der Waals surface area contributed by atoms with Crippen LogP contribution in [0.15, 0.2) is 0 Å². The first-order valence-corrected chi connectivity index (χ1v) is 8.88. The molecule has 0 aromatic carbocycles. The van der Waals surface area contributed by atoms with Crippen molar-refractivity contribution in [1.29, 1.82) is 0 Å². The lowest BCUT2D eigenvalue weighted by atomic mass is 10.2. The third kappa shape index (κ3) is 3.72. The normalized spacial score (nSPS) is 19.9. The number of nitrogens with zero attached hydrogens (tertiary/aromatic N) is 1. The number of aryl methyl sites for hydroxylation is 1. The van der Waals surface area contributed by atoms with Crippen molar-refractivity contribution >= 4 is 23.1 Å². The number of rotatable bonds is 6. The molecule has 1 fully saturated rings. The summed E-state index contributed by atoms with van der Waals surface area (Å²) in [5.74, 6) is 2.03. The Morgan fingerprint density at radius 2 is 2.28 bits per heavy atom. The Kier molecular flexibility index (Phi) is 5.52. The highest BCUT2D eigenvalue weighted by atomic mass is 32.2. The van der Waals surface area contributed by atoms with Gasteiger partial charge in [0.05, 0.1) is 10.9 Å². The van der Waals surface area contributed by atoms with Crippen LogP contribution in [-0.2, 0) is 13.0 Å². The molecule has 4 heteroatoms. The van der Waals surface area contributed by atoms with E-state index in [4.69, 9.17) is 4.98 Å². The highest BCUT2D eigenvalue weighted by molar-refractivity contribution is 7.99. The van der Waals surface area contributed by atoms with E-state index in [-0.39, 0.29) is 0 Å². The fraction of sp³-hybridized carbons (Fsp3) is 0.786. The number of thioether (sulfide) groups is 1. The van der Waals surface area contributed by atoms with Crippen LogP contribution in [0.2, 0.25) is 0 Å². The molecule has 1 aromatic heterocycles. The van der Waals surface area contributed by atoms with Crippen LogP contribution in [-0.4, -0.2) is 17.3 Å². The highest BCUT2D eigenvalue weighted by Crippen LogP contribution is 2.42. The van der Waals surface area contributed by atoms with E-state index in [1.807, 2.05) is 11.3 Å². The number of aromatic nitrogens is 1. The van der Waals surface area contributed by atoms with Gasteiger partial charge < -0.3 is 5.32 Å². The summed E-state index contributed by atoms with van der Waals surface area (Å²) in [6, 6.07) is 0. The molecule has 2 nitrogen and oxygen atoms in total. The number of hydrogen-bond acceptors (Lipinski definition) is 4. The molecule has 0 saturated carbocycles. The molecule has 102 valence electrons. The topological polar surface area (TPSA) is 24.9 Å². The molecule has 18 heavy (non-hydrogen) atoms. The molecule has 0 amide bonds. The molecule has 2 heterocycles. The molecule has 1 atom stereocenters. The van der Waals surface area contributed by atoms with Gasteiger partial charge in [-0.2, -0.15) is 11.8 Å². The van der Waals surface area contributed by atoms with Gasteiger partial charge in [-0.15, -0.1) is 11.3 Å². The van der Waals surface area contributed by atoms with Crippen molar-refractivity contribution in [1.82, 2.24) is 10.3 Å². The first-order valence-electron chi connectivity index (χ1n) is 7.01. The van der Waals surface area contributed by atoms with Crippen molar-refractivity contribution in [2.24, 2.45) is 5.92 Å². The third-order valence-electron chi connectivity index (χ3n) is 3.17. The zero-order chi connectivity index (χ0) is 13.0.